The van der Waals surface area contributed by atoms with Crippen molar-refractivity contribution in [3.05, 3.63) is 17.2 Å². The number of aliphatic hydroxyl groups excluding tert-OH is 3. The predicted octanol–water partition coefficient (Wildman–Crippen LogP) is -3.24. The van der Waals surface area contributed by atoms with Gasteiger partial charge < -0.3 is 34.7 Å². The van der Waals surface area contributed by atoms with Crippen LogP contribution in [-0.2, 0) is 13.8 Å². The van der Waals surface area contributed by atoms with E-state index in [0.717, 1.165) is 0 Å². The molecule has 0 radical (unpaired) electrons. The minimum absolute atomic E-state index is 0.0604. The van der Waals surface area contributed by atoms with Gasteiger partial charge in [0.1, 0.15) is 25.0 Å². The van der Waals surface area contributed by atoms with Crippen molar-refractivity contribution in [1.82, 2.24) is 14.5 Å². The van der Waals surface area contributed by atoms with Crippen LogP contribution in [0.1, 0.15) is 6.23 Å². The minimum atomic E-state index is -4.75. The number of hydrogen-bond donors (Lipinski definition) is 5. The van der Waals surface area contributed by atoms with Gasteiger partial charge in [0.25, 0.3) is 0 Å². The standard InChI is InChI=1S/C13H17N4O8P/c1-2-3-16-5-15-11-8(12(16)20)14-6-17(11)13-10(19)9(18)7(25-13)4-24-26(21,22)23/h1,6-7,9-10,13,18-20H,3-5H2,(H2,21,22,23)/t7-,9-,10-,13-/m1/s1. The van der Waals surface area contributed by atoms with Gasteiger partial charge in [0.2, 0.25) is 5.88 Å². The molecular formula is C13H17N4O8P. The molecule has 2 aliphatic rings. The van der Waals surface area contributed by atoms with Crippen LogP contribution in [-0.4, -0.2) is 77.7 Å². The molecule has 1 fully saturated rings. The van der Waals surface area contributed by atoms with E-state index >= 15 is 0 Å². The van der Waals surface area contributed by atoms with Gasteiger partial charge in [-0.15, -0.1) is 6.42 Å². The number of phosphoric acid groups is 1. The van der Waals surface area contributed by atoms with Gasteiger partial charge in [0.05, 0.1) is 19.5 Å². The van der Waals surface area contributed by atoms with E-state index in [4.69, 9.17) is 20.9 Å². The predicted molar refractivity (Wildman–Crippen MR) is 83.4 cm³/mol. The fourth-order valence-electron chi connectivity index (χ4n) is 2.73. The SMILES string of the molecule is C#CCN1CN=c2c(ncn2[C@@H]2O[C@H](COP(=O)(O)O)[C@@H](O)[C@H]2O)=C1O. The van der Waals surface area contributed by atoms with E-state index in [9.17, 15) is 19.9 Å². The van der Waals surface area contributed by atoms with Crippen LogP contribution in [0.4, 0.5) is 0 Å². The van der Waals surface area contributed by atoms with Crippen LogP contribution in [0.5, 0.6) is 0 Å². The van der Waals surface area contributed by atoms with Gasteiger partial charge >= 0.3 is 7.82 Å². The summed E-state index contributed by atoms with van der Waals surface area (Å²) < 4.78 is 21.9. The van der Waals surface area contributed by atoms with Gasteiger partial charge in [0, 0.05) is 0 Å². The number of imidazole rings is 1. The second kappa shape index (κ2) is 6.98. The van der Waals surface area contributed by atoms with Crippen LogP contribution < -0.4 is 10.8 Å². The summed E-state index contributed by atoms with van der Waals surface area (Å²) in [6.45, 7) is -0.435. The molecule has 26 heavy (non-hydrogen) atoms. The number of hydrogen-bond acceptors (Lipinski definition) is 9. The lowest BCUT2D eigenvalue weighted by Gasteiger charge is -2.21. The maximum atomic E-state index is 10.8. The Balaban J connectivity index is 1.87. The van der Waals surface area contributed by atoms with E-state index < -0.39 is 39.0 Å². The first kappa shape index (κ1) is 18.8. The second-order valence-corrected chi connectivity index (χ2v) is 6.92. The van der Waals surface area contributed by atoms with E-state index in [0.29, 0.717) is 0 Å². The molecule has 3 rings (SSSR count). The molecular weight excluding hydrogens is 371 g/mol. The van der Waals surface area contributed by atoms with E-state index in [-0.39, 0.29) is 29.9 Å². The van der Waals surface area contributed by atoms with Crippen LogP contribution >= 0.6 is 7.82 Å². The number of nitrogens with zero attached hydrogens (tertiary/aromatic N) is 4. The molecule has 142 valence electrons. The molecule has 0 bridgehead atoms. The number of ether oxygens (including phenoxy) is 1. The Bertz CT molecular complexity index is 889. The molecule has 3 heterocycles. The third-order valence-corrected chi connectivity index (χ3v) is 4.46. The summed E-state index contributed by atoms with van der Waals surface area (Å²) in [6.07, 6.45) is 1.28. The van der Waals surface area contributed by atoms with Crippen LogP contribution in [0, 0.1) is 12.3 Å². The van der Waals surface area contributed by atoms with Crippen molar-refractivity contribution in [1.29, 1.82) is 0 Å². The zero-order valence-corrected chi connectivity index (χ0v) is 14.2. The van der Waals surface area contributed by atoms with Gasteiger partial charge in [-0.05, 0) is 0 Å². The first-order valence-electron chi connectivity index (χ1n) is 7.43. The molecule has 0 spiro atoms. The van der Waals surface area contributed by atoms with Crippen molar-refractivity contribution >= 4 is 13.7 Å². The van der Waals surface area contributed by atoms with Crippen LogP contribution in [0.15, 0.2) is 11.3 Å². The highest BCUT2D eigenvalue weighted by atomic mass is 31.2. The molecule has 5 N–H and O–H groups in total. The Labute approximate surface area is 146 Å². The topological polar surface area (TPSA) is 170 Å². The van der Waals surface area contributed by atoms with Gasteiger partial charge in [-0.3, -0.25) is 9.09 Å². The van der Waals surface area contributed by atoms with E-state index in [1.54, 1.807) is 0 Å². The molecule has 1 aromatic heterocycles. The summed E-state index contributed by atoms with van der Waals surface area (Å²) >= 11 is 0. The van der Waals surface area contributed by atoms with Gasteiger partial charge in [-0.25, -0.2) is 14.5 Å². The third kappa shape index (κ3) is 3.46. The van der Waals surface area contributed by atoms with Crippen LogP contribution in [0.3, 0.4) is 0 Å². The highest BCUT2D eigenvalue weighted by molar-refractivity contribution is 7.46. The quantitative estimate of drug-likeness (QED) is 0.255. The first-order valence-corrected chi connectivity index (χ1v) is 8.96. The normalized spacial score (nSPS) is 28.6. The van der Waals surface area contributed by atoms with Gasteiger partial charge in [-0.1, -0.05) is 5.92 Å². The highest BCUT2D eigenvalue weighted by Crippen LogP contribution is 2.38. The Morgan fingerprint density at radius 1 is 1.42 bits per heavy atom. The molecule has 0 unspecified atom stereocenters. The largest absolute Gasteiger partial charge is 0.493 e. The summed E-state index contributed by atoms with van der Waals surface area (Å²) in [5, 5.41) is 30.6. The smallest absolute Gasteiger partial charge is 0.469 e. The van der Waals surface area contributed by atoms with Crippen LogP contribution in [0.25, 0.3) is 5.88 Å². The lowest BCUT2D eigenvalue weighted by molar-refractivity contribution is -0.0539. The van der Waals surface area contributed by atoms with Crippen molar-refractivity contribution in [3.8, 4) is 12.3 Å². The van der Waals surface area contributed by atoms with Crippen molar-refractivity contribution in [3.63, 3.8) is 0 Å². The third-order valence-electron chi connectivity index (χ3n) is 3.97. The molecule has 0 amide bonds. The molecule has 1 saturated heterocycles. The van der Waals surface area contributed by atoms with Gasteiger partial charge in [-0.2, -0.15) is 0 Å². The van der Waals surface area contributed by atoms with Gasteiger partial charge in [0.15, 0.2) is 17.1 Å². The number of aliphatic hydroxyl groups is 3. The van der Waals surface area contributed by atoms with E-state index in [1.165, 1.54) is 15.8 Å². The Morgan fingerprint density at radius 3 is 2.81 bits per heavy atom. The number of terminal acetylenes is 1. The Kier molecular flexibility index (Phi) is 5.05. The number of rotatable bonds is 5. The molecule has 2 aliphatic heterocycles. The second-order valence-electron chi connectivity index (χ2n) is 5.68. The maximum Gasteiger partial charge on any atom is 0.469 e. The van der Waals surface area contributed by atoms with Crippen molar-refractivity contribution in [2.75, 3.05) is 19.8 Å². The molecule has 13 heteroatoms. The molecule has 4 atom stereocenters. The molecule has 12 nitrogen and oxygen atoms in total. The minimum Gasteiger partial charge on any atom is -0.493 e. The molecule has 0 aromatic carbocycles. The molecule has 0 saturated carbocycles. The van der Waals surface area contributed by atoms with Crippen LogP contribution in [0.2, 0.25) is 0 Å². The lowest BCUT2D eigenvalue weighted by atomic mass is 10.1. The fourth-order valence-corrected chi connectivity index (χ4v) is 3.07. The molecule has 1 aromatic rings. The monoisotopic (exact) mass is 388 g/mol. The average molecular weight is 388 g/mol. The van der Waals surface area contributed by atoms with Crippen molar-refractivity contribution in [2.24, 2.45) is 4.99 Å². The average Bonchev–Trinajstić information content (AvgIpc) is 3.11. The van der Waals surface area contributed by atoms with Crippen molar-refractivity contribution < 1.29 is 38.9 Å². The fraction of sp³-hybridized carbons (Fsp3) is 0.538. The first-order chi connectivity index (χ1) is 12.2. The highest BCUT2D eigenvalue weighted by Gasteiger charge is 2.45. The summed E-state index contributed by atoms with van der Waals surface area (Å²) in [5.41, 5.74) is 0.212. The zero-order valence-electron chi connectivity index (χ0n) is 13.3. The van der Waals surface area contributed by atoms with Crippen molar-refractivity contribution in [2.45, 2.75) is 24.5 Å². The Morgan fingerprint density at radius 2 is 2.15 bits per heavy atom. The zero-order chi connectivity index (χ0) is 19.1. The summed E-state index contributed by atoms with van der Waals surface area (Å²) in [4.78, 5) is 27.2. The molecule has 0 aliphatic carbocycles. The number of fused-ring (bicyclic) bond motifs is 1. The Hall–Kier alpha value is -1.97. The summed E-state index contributed by atoms with van der Waals surface area (Å²) in [7, 11) is -4.75. The van der Waals surface area contributed by atoms with E-state index in [1.807, 2.05) is 0 Å². The number of aromatic nitrogens is 2. The lowest BCUT2D eigenvalue weighted by Crippen LogP contribution is -2.45. The maximum absolute atomic E-state index is 10.8. The summed E-state index contributed by atoms with van der Waals surface area (Å²) in [6, 6.07) is 0. The number of phosphoric ester groups is 1. The van der Waals surface area contributed by atoms with E-state index in [2.05, 4.69) is 20.4 Å². The summed E-state index contributed by atoms with van der Waals surface area (Å²) in [5.74, 6) is 2.20.